The number of hydrogen-bond acceptors (Lipinski definition) is 2. The molecular weight excluding hydrogens is 298 g/mol. The standard InChI is InChI=1S/C21H25NO2/c1-2-24-20(23)21(19-11-7-4-8-12-19)13-15-22(16-14-21)17-18-9-5-3-6-10-18/h3-12H,2,13-17H2,1H3/p+1. The molecule has 0 unspecified atom stereocenters. The van der Waals surface area contributed by atoms with Crippen molar-refractivity contribution in [2.75, 3.05) is 19.7 Å². The van der Waals surface area contributed by atoms with E-state index < -0.39 is 5.41 Å². The van der Waals surface area contributed by atoms with Gasteiger partial charge in [0.2, 0.25) is 0 Å². The summed E-state index contributed by atoms with van der Waals surface area (Å²) in [5.41, 5.74) is 1.98. The molecule has 1 fully saturated rings. The molecule has 0 amide bonds. The maximum atomic E-state index is 12.8. The molecule has 24 heavy (non-hydrogen) atoms. The van der Waals surface area contributed by atoms with Crippen molar-refractivity contribution < 1.29 is 14.4 Å². The molecule has 0 atom stereocenters. The molecule has 3 heteroatoms. The summed E-state index contributed by atoms with van der Waals surface area (Å²) in [7, 11) is 0. The molecule has 0 spiro atoms. The number of piperidine rings is 1. The van der Waals surface area contributed by atoms with Crippen LogP contribution in [0.5, 0.6) is 0 Å². The first-order chi connectivity index (χ1) is 11.7. The van der Waals surface area contributed by atoms with Gasteiger partial charge in [0.15, 0.2) is 0 Å². The second-order valence-electron chi connectivity index (χ2n) is 6.58. The highest BCUT2D eigenvalue weighted by atomic mass is 16.5. The van der Waals surface area contributed by atoms with Gasteiger partial charge < -0.3 is 9.64 Å². The Kier molecular flexibility index (Phi) is 5.31. The van der Waals surface area contributed by atoms with E-state index in [2.05, 4.69) is 42.5 Å². The van der Waals surface area contributed by atoms with Crippen LogP contribution in [-0.2, 0) is 21.5 Å². The molecule has 1 aliphatic heterocycles. The Bertz CT molecular complexity index is 646. The lowest BCUT2D eigenvalue weighted by Gasteiger charge is -2.38. The Morgan fingerprint density at radius 3 is 2.17 bits per heavy atom. The highest BCUT2D eigenvalue weighted by molar-refractivity contribution is 5.83. The molecule has 0 bridgehead atoms. The van der Waals surface area contributed by atoms with Crippen molar-refractivity contribution in [1.29, 1.82) is 0 Å². The van der Waals surface area contributed by atoms with Crippen molar-refractivity contribution >= 4 is 5.97 Å². The van der Waals surface area contributed by atoms with E-state index in [1.54, 1.807) is 0 Å². The quantitative estimate of drug-likeness (QED) is 0.856. The molecule has 1 N–H and O–H groups in total. The summed E-state index contributed by atoms with van der Waals surface area (Å²) in [5.74, 6) is -0.0602. The molecule has 1 aliphatic rings. The normalized spacial score (nSPS) is 23.6. The summed E-state index contributed by atoms with van der Waals surface area (Å²) in [4.78, 5) is 14.3. The molecular formula is C21H26NO2+. The van der Waals surface area contributed by atoms with Crippen molar-refractivity contribution in [3.63, 3.8) is 0 Å². The zero-order valence-corrected chi connectivity index (χ0v) is 14.3. The first kappa shape index (κ1) is 16.7. The third-order valence-electron chi connectivity index (χ3n) is 5.10. The Hall–Kier alpha value is -2.13. The van der Waals surface area contributed by atoms with Gasteiger partial charge in [-0.1, -0.05) is 60.7 Å². The number of quaternary nitrogens is 1. The zero-order chi connectivity index (χ0) is 16.8. The van der Waals surface area contributed by atoms with Crippen molar-refractivity contribution in [1.82, 2.24) is 0 Å². The Balaban J connectivity index is 1.75. The van der Waals surface area contributed by atoms with Gasteiger partial charge >= 0.3 is 5.97 Å². The lowest BCUT2D eigenvalue weighted by molar-refractivity contribution is -0.919. The van der Waals surface area contributed by atoms with E-state index in [-0.39, 0.29) is 5.97 Å². The predicted molar refractivity (Wildman–Crippen MR) is 94.8 cm³/mol. The van der Waals surface area contributed by atoms with Gasteiger partial charge in [0, 0.05) is 18.4 Å². The van der Waals surface area contributed by atoms with Gasteiger partial charge in [0.1, 0.15) is 12.0 Å². The van der Waals surface area contributed by atoms with Crippen LogP contribution in [0.1, 0.15) is 30.9 Å². The van der Waals surface area contributed by atoms with Gasteiger partial charge in [-0.3, -0.25) is 4.79 Å². The van der Waals surface area contributed by atoms with E-state index >= 15 is 0 Å². The molecule has 2 aromatic rings. The fraction of sp³-hybridized carbons (Fsp3) is 0.381. The maximum Gasteiger partial charge on any atom is 0.317 e. The van der Waals surface area contributed by atoms with Gasteiger partial charge in [-0.2, -0.15) is 0 Å². The Morgan fingerprint density at radius 1 is 1.00 bits per heavy atom. The van der Waals surface area contributed by atoms with Gasteiger partial charge in [0.05, 0.1) is 19.7 Å². The van der Waals surface area contributed by atoms with Crippen molar-refractivity contribution in [2.24, 2.45) is 0 Å². The summed E-state index contributed by atoms with van der Waals surface area (Å²) in [6.45, 7) is 5.32. The molecule has 0 aliphatic carbocycles. The number of likely N-dealkylation sites (tertiary alicyclic amines) is 1. The maximum absolute atomic E-state index is 12.8. The molecule has 3 nitrogen and oxygen atoms in total. The molecule has 0 aromatic heterocycles. The first-order valence-electron chi connectivity index (χ1n) is 8.85. The number of ether oxygens (including phenoxy) is 1. The lowest BCUT2D eigenvalue weighted by Crippen LogP contribution is -3.12. The number of benzene rings is 2. The molecule has 0 radical (unpaired) electrons. The summed E-state index contributed by atoms with van der Waals surface area (Å²) in [6, 6.07) is 20.7. The molecule has 1 saturated heterocycles. The second-order valence-corrected chi connectivity index (χ2v) is 6.58. The van der Waals surface area contributed by atoms with Crippen LogP contribution < -0.4 is 4.90 Å². The third kappa shape index (κ3) is 3.51. The molecule has 2 aromatic carbocycles. The average molecular weight is 324 g/mol. The summed E-state index contributed by atoms with van der Waals surface area (Å²) in [6.07, 6.45) is 1.69. The van der Waals surface area contributed by atoms with Crippen LogP contribution in [0.4, 0.5) is 0 Å². The van der Waals surface area contributed by atoms with Crippen molar-refractivity contribution in [3.05, 3.63) is 71.8 Å². The van der Waals surface area contributed by atoms with Crippen LogP contribution >= 0.6 is 0 Å². The number of nitrogens with one attached hydrogen (secondary N) is 1. The Labute approximate surface area is 144 Å². The van der Waals surface area contributed by atoms with E-state index in [1.807, 2.05) is 25.1 Å². The monoisotopic (exact) mass is 324 g/mol. The SMILES string of the molecule is CCOC(=O)C1(c2ccccc2)CC[NH+](Cc2ccccc2)CC1. The number of rotatable bonds is 5. The predicted octanol–water partition coefficient (Wildman–Crippen LogP) is 2.37. The van der Waals surface area contributed by atoms with Crippen LogP contribution in [0.2, 0.25) is 0 Å². The average Bonchev–Trinajstić information content (AvgIpc) is 2.64. The molecule has 3 rings (SSSR count). The third-order valence-corrected chi connectivity index (χ3v) is 5.10. The van der Waals surface area contributed by atoms with Crippen LogP contribution in [-0.4, -0.2) is 25.7 Å². The fourth-order valence-electron chi connectivity index (χ4n) is 3.73. The molecule has 0 saturated carbocycles. The lowest BCUT2D eigenvalue weighted by atomic mass is 9.72. The zero-order valence-electron chi connectivity index (χ0n) is 14.3. The largest absolute Gasteiger partial charge is 0.465 e. The van der Waals surface area contributed by atoms with E-state index in [4.69, 9.17) is 4.74 Å². The van der Waals surface area contributed by atoms with Crippen LogP contribution in [0.25, 0.3) is 0 Å². The number of carbonyl (C=O) groups excluding carboxylic acids is 1. The minimum atomic E-state index is -0.475. The summed E-state index contributed by atoms with van der Waals surface area (Å²) < 4.78 is 5.44. The van der Waals surface area contributed by atoms with Crippen molar-refractivity contribution in [3.8, 4) is 0 Å². The highest BCUT2D eigenvalue weighted by Crippen LogP contribution is 2.34. The van der Waals surface area contributed by atoms with Gasteiger partial charge in [-0.15, -0.1) is 0 Å². The molecule has 126 valence electrons. The summed E-state index contributed by atoms with van der Waals surface area (Å²) in [5, 5.41) is 0. The van der Waals surface area contributed by atoms with Gasteiger partial charge in [0.25, 0.3) is 0 Å². The first-order valence-corrected chi connectivity index (χ1v) is 8.85. The van der Waals surface area contributed by atoms with E-state index in [0.717, 1.165) is 38.0 Å². The van der Waals surface area contributed by atoms with Crippen LogP contribution in [0, 0.1) is 0 Å². The van der Waals surface area contributed by atoms with E-state index in [9.17, 15) is 4.79 Å². The van der Waals surface area contributed by atoms with E-state index in [0.29, 0.717) is 6.61 Å². The van der Waals surface area contributed by atoms with Crippen molar-refractivity contribution in [2.45, 2.75) is 31.7 Å². The minimum absolute atomic E-state index is 0.0602. The summed E-state index contributed by atoms with van der Waals surface area (Å²) >= 11 is 0. The fourth-order valence-corrected chi connectivity index (χ4v) is 3.73. The molecule has 1 heterocycles. The van der Waals surface area contributed by atoms with Gasteiger partial charge in [-0.25, -0.2) is 0 Å². The number of hydrogen-bond donors (Lipinski definition) is 1. The number of carbonyl (C=O) groups is 1. The highest BCUT2D eigenvalue weighted by Gasteiger charge is 2.45. The topological polar surface area (TPSA) is 30.7 Å². The second kappa shape index (κ2) is 7.63. The van der Waals surface area contributed by atoms with Crippen LogP contribution in [0.3, 0.4) is 0 Å². The minimum Gasteiger partial charge on any atom is -0.465 e. The van der Waals surface area contributed by atoms with E-state index in [1.165, 1.54) is 10.5 Å². The number of esters is 1. The smallest absolute Gasteiger partial charge is 0.317 e. The van der Waals surface area contributed by atoms with Crippen LogP contribution in [0.15, 0.2) is 60.7 Å². The Morgan fingerprint density at radius 2 is 1.58 bits per heavy atom. The van der Waals surface area contributed by atoms with Gasteiger partial charge in [-0.05, 0) is 12.5 Å².